The molecule has 18 heavy (non-hydrogen) atoms. The van der Waals surface area contributed by atoms with Crippen molar-refractivity contribution in [1.29, 1.82) is 0 Å². The highest BCUT2D eigenvalue weighted by Crippen LogP contribution is 2.37. The van der Waals surface area contributed by atoms with Gasteiger partial charge in [0.15, 0.2) is 0 Å². The third-order valence-electron chi connectivity index (χ3n) is 3.57. The van der Waals surface area contributed by atoms with E-state index in [1.54, 1.807) is 0 Å². The standard InChI is InChI=1S/C15H15BrN2/c1-10-17-14(9-15(16)18-10)13-7-3-6-12(8-13)11-4-2-5-11/h3,6-9,11H,2,4-5H2,1H3. The van der Waals surface area contributed by atoms with Gasteiger partial charge in [-0.3, -0.25) is 0 Å². The number of halogens is 1. The van der Waals surface area contributed by atoms with E-state index in [1.165, 1.54) is 30.4 Å². The summed E-state index contributed by atoms with van der Waals surface area (Å²) in [5.74, 6) is 1.56. The first-order chi connectivity index (χ1) is 8.72. The zero-order valence-electron chi connectivity index (χ0n) is 10.4. The van der Waals surface area contributed by atoms with Crippen molar-refractivity contribution in [3.8, 4) is 11.3 Å². The van der Waals surface area contributed by atoms with Crippen LogP contribution in [-0.2, 0) is 0 Å². The number of aryl methyl sites for hydroxylation is 1. The fourth-order valence-electron chi connectivity index (χ4n) is 2.37. The molecule has 2 nitrogen and oxygen atoms in total. The highest BCUT2D eigenvalue weighted by atomic mass is 79.9. The molecule has 1 heterocycles. The lowest BCUT2D eigenvalue weighted by molar-refractivity contribution is 0.420. The predicted molar refractivity (Wildman–Crippen MR) is 76.5 cm³/mol. The van der Waals surface area contributed by atoms with E-state index in [9.17, 15) is 0 Å². The molecule has 0 amide bonds. The molecule has 92 valence electrons. The molecule has 1 aromatic carbocycles. The van der Waals surface area contributed by atoms with Crippen LogP contribution in [0.25, 0.3) is 11.3 Å². The van der Waals surface area contributed by atoms with Gasteiger partial charge in [0.25, 0.3) is 0 Å². The Hall–Kier alpha value is -1.22. The van der Waals surface area contributed by atoms with Crippen molar-refractivity contribution in [2.24, 2.45) is 0 Å². The Bertz CT molecular complexity index is 556. The van der Waals surface area contributed by atoms with Crippen LogP contribution in [0.3, 0.4) is 0 Å². The Labute approximate surface area is 116 Å². The normalized spacial score (nSPS) is 15.4. The van der Waals surface area contributed by atoms with Crippen LogP contribution in [0.1, 0.15) is 36.6 Å². The Morgan fingerprint density at radius 2 is 2.00 bits per heavy atom. The molecule has 3 heteroatoms. The van der Waals surface area contributed by atoms with Gasteiger partial charge in [0.2, 0.25) is 0 Å². The number of nitrogens with zero attached hydrogens (tertiary/aromatic N) is 2. The van der Waals surface area contributed by atoms with Crippen molar-refractivity contribution >= 4 is 15.9 Å². The molecule has 1 aromatic heterocycles. The minimum atomic E-state index is 0.760. The molecule has 0 aliphatic heterocycles. The van der Waals surface area contributed by atoms with Crippen molar-refractivity contribution in [3.63, 3.8) is 0 Å². The summed E-state index contributed by atoms with van der Waals surface area (Å²) in [6, 6.07) is 10.7. The minimum Gasteiger partial charge on any atom is -0.233 e. The molecule has 0 atom stereocenters. The molecule has 0 saturated heterocycles. The molecule has 1 aliphatic rings. The molecule has 1 aliphatic carbocycles. The van der Waals surface area contributed by atoms with Gasteiger partial charge in [-0.2, -0.15) is 0 Å². The molecule has 1 fully saturated rings. The molecule has 0 N–H and O–H groups in total. The van der Waals surface area contributed by atoms with Crippen LogP contribution in [0.5, 0.6) is 0 Å². The van der Waals surface area contributed by atoms with Crippen LogP contribution < -0.4 is 0 Å². The lowest BCUT2D eigenvalue weighted by Crippen LogP contribution is -2.08. The van der Waals surface area contributed by atoms with Crippen LogP contribution in [0.2, 0.25) is 0 Å². The van der Waals surface area contributed by atoms with Gasteiger partial charge in [-0.25, -0.2) is 9.97 Å². The van der Waals surface area contributed by atoms with E-state index >= 15 is 0 Å². The maximum atomic E-state index is 4.51. The summed E-state index contributed by atoms with van der Waals surface area (Å²) >= 11 is 3.43. The van der Waals surface area contributed by atoms with Crippen LogP contribution in [-0.4, -0.2) is 9.97 Å². The quantitative estimate of drug-likeness (QED) is 0.764. The lowest BCUT2D eigenvalue weighted by Gasteiger charge is -2.26. The summed E-state index contributed by atoms with van der Waals surface area (Å²) in [6.45, 7) is 1.92. The van der Waals surface area contributed by atoms with Gasteiger partial charge in [0, 0.05) is 5.56 Å². The zero-order chi connectivity index (χ0) is 12.5. The van der Waals surface area contributed by atoms with Gasteiger partial charge in [0.05, 0.1) is 5.69 Å². The highest BCUT2D eigenvalue weighted by molar-refractivity contribution is 9.10. The van der Waals surface area contributed by atoms with Gasteiger partial charge in [-0.1, -0.05) is 24.6 Å². The molecular weight excluding hydrogens is 288 g/mol. The summed E-state index contributed by atoms with van der Waals surface area (Å²) < 4.78 is 0.846. The molecule has 0 spiro atoms. The Morgan fingerprint density at radius 3 is 2.67 bits per heavy atom. The lowest BCUT2D eigenvalue weighted by atomic mass is 9.79. The average molecular weight is 303 g/mol. The third kappa shape index (κ3) is 2.32. The van der Waals surface area contributed by atoms with Gasteiger partial charge < -0.3 is 0 Å². The van der Waals surface area contributed by atoms with Crippen molar-refractivity contribution < 1.29 is 0 Å². The molecular formula is C15H15BrN2. The summed E-state index contributed by atoms with van der Waals surface area (Å²) in [7, 11) is 0. The molecule has 1 saturated carbocycles. The van der Waals surface area contributed by atoms with E-state index in [-0.39, 0.29) is 0 Å². The topological polar surface area (TPSA) is 25.8 Å². The number of hydrogen-bond acceptors (Lipinski definition) is 2. The second kappa shape index (κ2) is 4.81. The van der Waals surface area contributed by atoms with Crippen molar-refractivity contribution in [2.75, 3.05) is 0 Å². The van der Waals surface area contributed by atoms with E-state index < -0.39 is 0 Å². The second-order valence-electron chi connectivity index (χ2n) is 4.88. The van der Waals surface area contributed by atoms with Crippen LogP contribution in [0.4, 0.5) is 0 Å². The van der Waals surface area contributed by atoms with Crippen LogP contribution in [0.15, 0.2) is 34.9 Å². The largest absolute Gasteiger partial charge is 0.233 e. The monoisotopic (exact) mass is 302 g/mol. The number of rotatable bonds is 2. The fraction of sp³-hybridized carbons (Fsp3) is 0.333. The minimum absolute atomic E-state index is 0.760. The van der Waals surface area contributed by atoms with Crippen molar-refractivity contribution in [1.82, 2.24) is 9.97 Å². The first-order valence-electron chi connectivity index (χ1n) is 6.34. The smallest absolute Gasteiger partial charge is 0.127 e. The first-order valence-corrected chi connectivity index (χ1v) is 7.13. The molecule has 0 unspecified atom stereocenters. The van der Waals surface area contributed by atoms with Crippen molar-refractivity contribution in [3.05, 3.63) is 46.3 Å². The van der Waals surface area contributed by atoms with Gasteiger partial charge >= 0.3 is 0 Å². The summed E-state index contributed by atoms with van der Waals surface area (Å²) in [6.07, 6.45) is 4.03. The highest BCUT2D eigenvalue weighted by Gasteiger charge is 2.19. The van der Waals surface area contributed by atoms with Crippen LogP contribution in [0, 0.1) is 6.92 Å². The average Bonchev–Trinajstić information content (AvgIpc) is 2.26. The molecule has 0 bridgehead atoms. The van der Waals surface area contributed by atoms with Crippen LogP contribution >= 0.6 is 15.9 Å². The first kappa shape index (κ1) is 11.8. The summed E-state index contributed by atoms with van der Waals surface area (Å²) in [5, 5.41) is 0. The van der Waals surface area contributed by atoms with Gasteiger partial charge in [-0.05, 0) is 59.3 Å². The SMILES string of the molecule is Cc1nc(Br)cc(-c2cccc(C3CCC3)c2)n1. The van der Waals surface area contributed by atoms with Gasteiger partial charge in [0.1, 0.15) is 10.4 Å². The number of benzene rings is 1. The third-order valence-corrected chi connectivity index (χ3v) is 3.97. The predicted octanol–water partition coefficient (Wildman–Crippen LogP) is 4.48. The van der Waals surface area contributed by atoms with E-state index in [4.69, 9.17) is 0 Å². The Kier molecular flexibility index (Phi) is 3.16. The maximum absolute atomic E-state index is 4.51. The molecule has 2 aromatic rings. The van der Waals surface area contributed by atoms with E-state index in [0.717, 1.165) is 22.0 Å². The summed E-state index contributed by atoms with van der Waals surface area (Å²) in [5.41, 5.74) is 3.63. The van der Waals surface area contributed by atoms with E-state index in [0.29, 0.717) is 0 Å². The fourth-order valence-corrected chi connectivity index (χ4v) is 2.85. The number of hydrogen-bond donors (Lipinski definition) is 0. The van der Waals surface area contributed by atoms with E-state index in [2.05, 4.69) is 50.2 Å². The summed E-state index contributed by atoms with van der Waals surface area (Å²) in [4.78, 5) is 8.76. The maximum Gasteiger partial charge on any atom is 0.127 e. The molecule has 0 radical (unpaired) electrons. The second-order valence-corrected chi connectivity index (χ2v) is 5.69. The van der Waals surface area contributed by atoms with Gasteiger partial charge in [-0.15, -0.1) is 0 Å². The number of aromatic nitrogens is 2. The van der Waals surface area contributed by atoms with E-state index in [1.807, 2.05) is 13.0 Å². The van der Waals surface area contributed by atoms with Crippen molar-refractivity contribution in [2.45, 2.75) is 32.1 Å². The Morgan fingerprint density at radius 1 is 1.17 bits per heavy atom. The zero-order valence-corrected chi connectivity index (χ0v) is 11.9. The molecule has 3 rings (SSSR count). The Balaban J connectivity index is 2.00.